The van der Waals surface area contributed by atoms with Gasteiger partial charge in [0.05, 0.1) is 36.5 Å². The number of rotatable bonds is 9. The summed E-state index contributed by atoms with van der Waals surface area (Å²) in [6.07, 6.45) is 4.53. The van der Waals surface area contributed by atoms with Crippen molar-refractivity contribution in [2.45, 2.75) is 33.2 Å². The molecule has 3 heterocycles. The topological polar surface area (TPSA) is 98.4 Å². The molecule has 0 aliphatic carbocycles. The van der Waals surface area contributed by atoms with E-state index in [9.17, 15) is 9.59 Å². The van der Waals surface area contributed by atoms with Gasteiger partial charge in [-0.25, -0.2) is 9.78 Å². The first kappa shape index (κ1) is 24.1. The number of ether oxygens (including phenoxy) is 1. The molecule has 1 amide bonds. The number of furan rings is 1. The molecule has 1 unspecified atom stereocenters. The number of anilines is 2. The summed E-state index contributed by atoms with van der Waals surface area (Å²) in [5.41, 5.74) is 3.60. The van der Waals surface area contributed by atoms with E-state index >= 15 is 0 Å². The highest BCUT2D eigenvalue weighted by Gasteiger charge is 2.27. The van der Waals surface area contributed by atoms with Crippen molar-refractivity contribution in [1.29, 1.82) is 0 Å². The van der Waals surface area contributed by atoms with Gasteiger partial charge in [-0.15, -0.1) is 0 Å². The third-order valence-electron chi connectivity index (χ3n) is 5.83. The molecule has 0 aliphatic rings. The first-order chi connectivity index (χ1) is 16.9. The average molecular weight is 475 g/mol. The van der Waals surface area contributed by atoms with Gasteiger partial charge in [0.25, 0.3) is 5.91 Å². The Bertz CT molecular complexity index is 1310. The van der Waals surface area contributed by atoms with E-state index in [1.807, 2.05) is 28.8 Å². The van der Waals surface area contributed by atoms with Crippen LogP contribution in [0.15, 0.2) is 65.6 Å². The molecule has 8 nitrogen and oxygen atoms in total. The number of amides is 1. The number of pyridine rings is 1. The fraction of sp³-hybridized carbons (Fsp3) is 0.296. The highest BCUT2D eigenvalue weighted by molar-refractivity contribution is 6.14. The Morgan fingerprint density at radius 2 is 1.91 bits per heavy atom. The smallest absolute Gasteiger partial charge is 0.356 e. The van der Waals surface area contributed by atoms with E-state index in [1.54, 1.807) is 12.3 Å². The first-order valence-corrected chi connectivity index (χ1v) is 11.6. The van der Waals surface area contributed by atoms with E-state index < -0.39 is 5.97 Å². The number of hydrogen-bond donors (Lipinski definition) is 2. The second kappa shape index (κ2) is 10.5. The number of esters is 1. The van der Waals surface area contributed by atoms with Crippen LogP contribution in [-0.2, 0) is 11.3 Å². The number of nitrogens with one attached hydrogen (secondary N) is 2. The van der Waals surface area contributed by atoms with E-state index in [4.69, 9.17) is 9.15 Å². The Balaban J connectivity index is 1.74. The predicted molar refractivity (Wildman–Crippen MR) is 136 cm³/mol. The lowest BCUT2D eigenvalue weighted by atomic mass is 10.0. The lowest BCUT2D eigenvalue weighted by Crippen LogP contribution is -2.18. The lowest BCUT2D eigenvalue weighted by Gasteiger charge is -2.14. The monoisotopic (exact) mass is 474 g/mol. The van der Waals surface area contributed by atoms with Gasteiger partial charge >= 0.3 is 5.97 Å². The van der Waals surface area contributed by atoms with Crippen LogP contribution in [0.1, 0.15) is 53.1 Å². The largest absolute Gasteiger partial charge is 0.472 e. The van der Waals surface area contributed by atoms with Crippen LogP contribution in [0.3, 0.4) is 0 Å². The summed E-state index contributed by atoms with van der Waals surface area (Å²) < 4.78 is 11.9. The van der Waals surface area contributed by atoms with Gasteiger partial charge in [0.2, 0.25) is 0 Å². The number of carbonyl (C=O) groups excluding carboxylic acids is 2. The number of nitrogens with zero attached hydrogens (tertiary/aromatic N) is 2. The SMILES string of the molecule is COC(=O)c1c(NC(=O)c2ccoc2)c2cc(NCC(C)c3ccccc3)cnc2n1CC(C)C. The van der Waals surface area contributed by atoms with Crippen LogP contribution in [0.5, 0.6) is 0 Å². The molecule has 4 aromatic rings. The third kappa shape index (κ3) is 5.21. The third-order valence-corrected chi connectivity index (χ3v) is 5.83. The van der Waals surface area contributed by atoms with Crippen LogP contribution < -0.4 is 10.6 Å². The van der Waals surface area contributed by atoms with E-state index in [0.29, 0.717) is 35.4 Å². The second-order valence-corrected chi connectivity index (χ2v) is 8.97. The minimum absolute atomic E-state index is 0.234. The van der Waals surface area contributed by atoms with Crippen molar-refractivity contribution in [2.75, 3.05) is 24.3 Å². The summed E-state index contributed by atoms with van der Waals surface area (Å²) in [7, 11) is 1.33. The zero-order valence-electron chi connectivity index (χ0n) is 20.4. The zero-order valence-corrected chi connectivity index (χ0v) is 20.4. The minimum atomic E-state index is -0.543. The van der Waals surface area contributed by atoms with Gasteiger partial charge in [-0.1, -0.05) is 51.1 Å². The van der Waals surface area contributed by atoms with Gasteiger partial charge < -0.3 is 24.4 Å². The van der Waals surface area contributed by atoms with Crippen molar-refractivity contribution in [3.8, 4) is 0 Å². The number of carbonyl (C=O) groups is 2. The molecule has 0 bridgehead atoms. The quantitative estimate of drug-likeness (QED) is 0.309. The van der Waals surface area contributed by atoms with Crippen molar-refractivity contribution < 1.29 is 18.7 Å². The average Bonchev–Trinajstić information content (AvgIpc) is 3.50. The van der Waals surface area contributed by atoms with E-state index in [2.05, 4.69) is 48.5 Å². The summed E-state index contributed by atoms with van der Waals surface area (Å²) in [5.74, 6) is -0.414. The van der Waals surface area contributed by atoms with Gasteiger partial charge in [-0.05, 0) is 29.5 Å². The first-order valence-electron chi connectivity index (χ1n) is 11.6. The molecular formula is C27H30N4O4. The Morgan fingerprint density at radius 3 is 2.57 bits per heavy atom. The molecule has 1 atom stereocenters. The van der Waals surface area contributed by atoms with Gasteiger partial charge in [0.15, 0.2) is 5.69 Å². The molecule has 3 aromatic heterocycles. The van der Waals surface area contributed by atoms with Gasteiger partial charge in [0.1, 0.15) is 11.9 Å². The van der Waals surface area contributed by atoms with E-state index in [-0.39, 0.29) is 23.4 Å². The normalized spacial score (nSPS) is 12.0. The maximum absolute atomic E-state index is 12.9. The highest BCUT2D eigenvalue weighted by Crippen LogP contribution is 2.34. The van der Waals surface area contributed by atoms with Crippen LogP contribution in [0, 0.1) is 5.92 Å². The molecule has 0 saturated carbocycles. The van der Waals surface area contributed by atoms with Crippen LogP contribution in [0.25, 0.3) is 11.0 Å². The van der Waals surface area contributed by atoms with Crippen molar-refractivity contribution >= 4 is 34.3 Å². The molecule has 1 aromatic carbocycles. The Morgan fingerprint density at radius 1 is 1.14 bits per heavy atom. The standard InChI is InChI=1S/C27H30N4O4/c1-17(2)15-31-24(27(33)34-4)23(30-26(32)20-10-11-35-16-20)22-12-21(14-29-25(22)31)28-13-18(3)19-8-6-5-7-9-19/h5-12,14,16-18,28H,13,15H2,1-4H3,(H,30,32). The zero-order chi connectivity index (χ0) is 24.9. The number of methoxy groups -OCH3 is 1. The number of hydrogen-bond acceptors (Lipinski definition) is 6. The molecule has 0 aliphatic heterocycles. The van der Waals surface area contributed by atoms with Crippen LogP contribution in [0.4, 0.5) is 11.4 Å². The molecule has 0 radical (unpaired) electrons. The molecule has 182 valence electrons. The molecular weight excluding hydrogens is 444 g/mol. The van der Waals surface area contributed by atoms with E-state index in [1.165, 1.54) is 25.2 Å². The maximum atomic E-state index is 12.9. The van der Waals surface area contributed by atoms with Gasteiger partial charge in [-0.3, -0.25) is 4.79 Å². The predicted octanol–water partition coefficient (Wildman–Crippen LogP) is 5.54. The molecule has 0 spiro atoms. The van der Waals surface area contributed by atoms with Crippen LogP contribution in [-0.4, -0.2) is 35.1 Å². The maximum Gasteiger partial charge on any atom is 0.356 e. The summed E-state index contributed by atoms with van der Waals surface area (Å²) in [6, 6.07) is 13.7. The summed E-state index contributed by atoms with van der Waals surface area (Å²) in [6.45, 7) is 7.49. The Kier molecular flexibility index (Phi) is 7.19. The number of benzene rings is 1. The number of fused-ring (bicyclic) bond motifs is 1. The molecule has 0 saturated heterocycles. The minimum Gasteiger partial charge on any atom is -0.472 e. The molecule has 0 fully saturated rings. The fourth-order valence-electron chi connectivity index (χ4n) is 4.05. The van der Waals surface area contributed by atoms with Crippen LogP contribution in [0.2, 0.25) is 0 Å². The van der Waals surface area contributed by atoms with Crippen LogP contribution >= 0.6 is 0 Å². The molecule has 35 heavy (non-hydrogen) atoms. The molecule has 2 N–H and O–H groups in total. The van der Waals surface area contributed by atoms with Crippen molar-refractivity contribution in [3.05, 3.63) is 78.0 Å². The Labute approximate surface area is 204 Å². The van der Waals surface area contributed by atoms with Gasteiger partial charge in [0, 0.05) is 18.5 Å². The summed E-state index contributed by atoms with van der Waals surface area (Å²) in [4.78, 5) is 30.5. The van der Waals surface area contributed by atoms with Gasteiger partial charge in [-0.2, -0.15) is 0 Å². The van der Waals surface area contributed by atoms with Crippen molar-refractivity contribution in [1.82, 2.24) is 9.55 Å². The Hall–Kier alpha value is -4.07. The van der Waals surface area contributed by atoms with Crippen molar-refractivity contribution in [2.24, 2.45) is 5.92 Å². The summed E-state index contributed by atoms with van der Waals surface area (Å²) in [5, 5.41) is 6.99. The summed E-state index contributed by atoms with van der Waals surface area (Å²) >= 11 is 0. The highest BCUT2D eigenvalue weighted by atomic mass is 16.5. The fourth-order valence-corrected chi connectivity index (χ4v) is 4.05. The number of aromatic nitrogens is 2. The lowest BCUT2D eigenvalue weighted by molar-refractivity contribution is 0.0589. The molecule has 4 rings (SSSR count). The van der Waals surface area contributed by atoms with Crippen molar-refractivity contribution in [3.63, 3.8) is 0 Å². The second-order valence-electron chi connectivity index (χ2n) is 8.97. The van der Waals surface area contributed by atoms with E-state index in [0.717, 1.165) is 5.69 Å². The molecule has 8 heteroatoms.